The number of rotatable bonds is 0. The lowest BCUT2D eigenvalue weighted by Gasteiger charge is -2.02. The van der Waals surface area contributed by atoms with Gasteiger partial charge in [0, 0.05) is 12.3 Å². The fourth-order valence-corrected chi connectivity index (χ4v) is 0.788. The van der Waals surface area contributed by atoms with Gasteiger partial charge in [-0.3, -0.25) is 0 Å². The molecule has 0 fully saturated rings. The molecule has 1 aliphatic rings. The van der Waals surface area contributed by atoms with Crippen molar-refractivity contribution >= 4 is 0 Å². The first-order valence-electron chi connectivity index (χ1n) is 2.71. The van der Waals surface area contributed by atoms with E-state index in [2.05, 4.69) is 0 Å². The van der Waals surface area contributed by atoms with Crippen LogP contribution < -0.4 is 0 Å². The third-order valence-electron chi connectivity index (χ3n) is 1.52. The van der Waals surface area contributed by atoms with Gasteiger partial charge in [-0.05, 0) is 6.08 Å². The molecule has 0 saturated carbocycles. The van der Waals surface area contributed by atoms with Crippen molar-refractivity contribution in [2.75, 3.05) is 0 Å². The molecule has 0 aromatic heterocycles. The summed E-state index contributed by atoms with van der Waals surface area (Å²) in [4.78, 5) is 0. The molecule has 0 radical (unpaired) electrons. The van der Waals surface area contributed by atoms with Crippen LogP contribution in [0, 0.1) is 5.92 Å². The van der Waals surface area contributed by atoms with Crippen molar-refractivity contribution in [3.05, 3.63) is 11.9 Å². The highest BCUT2D eigenvalue weighted by Crippen LogP contribution is 2.28. The molecular weight excluding hydrogens is 110 g/mol. The second-order valence-electron chi connectivity index (χ2n) is 2.13. The molecule has 1 aliphatic carbocycles. The molecule has 0 saturated heterocycles. The molecule has 0 spiro atoms. The number of alkyl halides is 1. The topological polar surface area (TPSA) is 0 Å². The molecule has 2 heteroatoms. The van der Waals surface area contributed by atoms with Crippen molar-refractivity contribution in [3.8, 4) is 0 Å². The van der Waals surface area contributed by atoms with E-state index in [1.807, 2.05) is 0 Å². The molecule has 46 valence electrons. The molecule has 0 aromatic carbocycles. The third-order valence-corrected chi connectivity index (χ3v) is 1.52. The lowest BCUT2D eigenvalue weighted by atomic mass is 10.1. The Morgan fingerprint density at radius 3 is 2.50 bits per heavy atom. The quantitative estimate of drug-likeness (QED) is 0.457. The first-order chi connectivity index (χ1) is 3.72. The van der Waals surface area contributed by atoms with Crippen molar-refractivity contribution in [2.24, 2.45) is 5.92 Å². The molecule has 0 heterocycles. The van der Waals surface area contributed by atoms with Crippen LogP contribution in [0.1, 0.15) is 13.3 Å². The molecule has 8 heavy (non-hydrogen) atoms. The molecule has 0 aromatic rings. The molecule has 1 rings (SSSR count). The van der Waals surface area contributed by atoms with E-state index in [-0.39, 0.29) is 12.2 Å². The van der Waals surface area contributed by atoms with Crippen molar-refractivity contribution in [1.29, 1.82) is 0 Å². The third kappa shape index (κ3) is 0.746. The predicted molar refractivity (Wildman–Crippen MR) is 27.9 cm³/mol. The Morgan fingerprint density at radius 1 is 1.75 bits per heavy atom. The van der Waals surface area contributed by atoms with Crippen LogP contribution in [0.3, 0.4) is 0 Å². The molecular formula is C6H8F2. The minimum Gasteiger partial charge on any atom is -0.246 e. The Balaban J connectivity index is 2.59. The zero-order chi connectivity index (χ0) is 6.15. The largest absolute Gasteiger partial charge is 0.246 e. The lowest BCUT2D eigenvalue weighted by molar-refractivity contribution is 0.269. The van der Waals surface area contributed by atoms with Gasteiger partial charge in [-0.1, -0.05) is 6.92 Å². The van der Waals surface area contributed by atoms with Gasteiger partial charge < -0.3 is 0 Å². The van der Waals surface area contributed by atoms with E-state index >= 15 is 0 Å². The van der Waals surface area contributed by atoms with Gasteiger partial charge in [0.15, 0.2) is 0 Å². The van der Waals surface area contributed by atoms with Gasteiger partial charge in [0.05, 0.1) is 0 Å². The van der Waals surface area contributed by atoms with E-state index in [0.717, 1.165) is 0 Å². The van der Waals surface area contributed by atoms with Crippen molar-refractivity contribution in [2.45, 2.75) is 19.5 Å². The van der Waals surface area contributed by atoms with Crippen LogP contribution >= 0.6 is 0 Å². The van der Waals surface area contributed by atoms with Gasteiger partial charge >= 0.3 is 0 Å². The number of hydrogen-bond donors (Lipinski definition) is 0. The average Bonchev–Trinajstić information content (AvgIpc) is 1.98. The van der Waals surface area contributed by atoms with Gasteiger partial charge in [0.25, 0.3) is 0 Å². The van der Waals surface area contributed by atoms with Crippen LogP contribution in [-0.4, -0.2) is 6.17 Å². The van der Waals surface area contributed by atoms with Crippen molar-refractivity contribution in [3.63, 3.8) is 0 Å². The van der Waals surface area contributed by atoms with E-state index in [9.17, 15) is 8.78 Å². The normalized spacial score (nSPS) is 37.6. The van der Waals surface area contributed by atoms with Crippen LogP contribution in [0.25, 0.3) is 0 Å². The minimum atomic E-state index is -0.977. The zero-order valence-corrected chi connectivity index (χ0v) is 4.70. The van der Waals surface area contributed by atoms with Crippen molar-refractivity contribution in [1.82, 2.24) is 0 Å². The van der Waals surface area contributed by atoms with Crippen molar-refractivity contribution < 1.29 is 8.78 Å². The Labute approximate surface area is 47.2 Å². The molecule has 0 aliphatic heterocycles. The summed E-state index contributed by atoms with van der Waals surface area (Å²) < 4.78 is 24.5. The first kappa shape index (κ1) is 5.73. The lowest BCUT2D eigenvalue weighted by Crippen LogP contribution is -2.04. The summed E-state index contributed by atoms with van der Waals surface area (Å²) in [6.45, 7) is 1.56. The van der Waals surface area contributed by atoms with Crippen LogP contribution in [-0.2, 0) is 0 Å². The smallest absolute Gasteiger partial charge is 0.112 e. The summed E-state index contributed by atoms with van der Waals surface area (Å²) in [5, 5.41) is 0. The van der Waals surface area contributed by atoms with Crippen LogP contribution in [0.4, 0.5) is 8.78 Å². The van der Waals surface area contributed by atoms with Gasteiger partial charge in [0.2, 0.25) is 0 Å². The number of hydrogen-bond acceptors (Lipinski definition) is 0. The molecule has 0 amide bonds. The van der Waals surface area contributed by atoms with Crippen LogP contribution in [0.5, 0.6) is 0 Å². The van der Waals surface area contributed by atoms with E-state index in [0.29, 0.717) is 0 Å². The molecule has 0 bridgehead atoms. The Bertz CT molecular complexity index is 118. The second-order valence-corrected chi connectivity index (χ2v) is 2.13. The molecule has 2 atom stereocenters. The summed E-state index contributed by atoms with van der Waals surface area (Å²) in [5.74, 6) is -0.785. The SMILES string of the molecule is CC1C(F)=CCC1F. The Kier molecular flexibility index (Phi) is 1.32. The number of halogens is 2. The van der Waals surface area contributed by atoms with E-state index in [4.69, 9.17) is 0 Å². The maximum absolute atomic E-state index is 12.3. The maximum Gasteiger partial charge on any atom is 0.112 e. The fraction of sp³-hybridized carbons (Fsp3) is 0.667. The molecule has 2 unspecified atom stereocenters. The van der Waals surface area contributed by atoms with Gasteiger partial charge in [0.1, 0.15) is 12.0 Å². The van der Waals surface area contributed by atoms with E-state index in [1.165, 1.54) is 6.08 Å². The minimum absolute atomic E-state index is 0.257. The highest BCUT2D eigenvalue weighted by atomic mass is 19.1. The summed E-state index contributed by atoms with van der Waals surface area (Å²) >= 11 is 0. The monoisotopic (exact) mass is 118 g/mol. The summed E-state index contributed by atoms with van der Waals surface area (Å²) in [6.07, 6.45) is 0.595. The highest BCUT2D eigenvalue weighted by molar-refractivity contribution is 5.07. The second kappa shape index (κ2) is 1.84. The highest BCUT2D eigenvalue weighted by Gasteiger charge is 2.25. The standard InChI is InChI=1S/C6H8F2/c1-4-5(7)2-3-6(4)8/h2,4,6H,3H2,1H3. The summed E-state index contributed by atoms with van der Waals surface area (Å²) in [7, 11) is 0. The Hall–Kier alpha value is -0.400. The van der Waals surface area contributed by atoms with Crippen LogP contribution in [0.15, 0.2) is 11.9 Å². The van der Waals surface area contributed by atoms with E-state index < -0.39 is 12.1 Å². The maximum atomic E-state index is 12.3. The zero-order valence-electron chi connectivity index (χ0n) is 4.70. The molecule has 0 nitrogen and oxygen atoms in total. The molecule has 0 N–H and O–H groups in total. The Morgan fingerprint density at radius 2 is 2.38 bits per heavy atom. The van der Waals surface area contributed by atoms with Gasteiger partial charge in [-0.2, -0.15) is 0 Å². The van der Waals surface area contributed by atoms with Gasteiger partial charge in [-0.25, -0.2) is 8.78 Å². The fourth-order valence-electron chi connectivity index (χ4n) is 0.788. The first-order valence-corrected chi connectivity index (χ1v) is 2.71. The van der Waals surface area contributed by atoms with Gasteiger partial charge in [-0.15, -0.1) is 0 Å². The van der Waals surface area contributed by atoms with Crippen LogP contribution in [0.2, 0.25) is 0 Å². The number of allylic oxidation sites excluding steroid dienone is 2. The van der Waals surface area contributed by atoms with E-state index in [1.54, 1.807) is 6.92 Å². The summed E-state index contributed by atoms with van der Waals surface area (Å²) in [5.41, 5.74) is 0. The predicted octanol–water partition coefficient (Wildman–Crippen LogP) is 2.22. The summed E-state index contributed by atoms with van der Waals surface area (Å²) in [6, 6.07) is 0. The average molecular weight is 118 g/mol.